The minimum absolute atomic E-state index is 1.08. The molecular formula is C15H27N. The second-order valence-electron chi connectivity index (χ2n) is 5.06. The molecule has 1 aliphatic carbocycles. The third-order valence-corrected chi connectivity index (χ3v) is 3.20. The summed E-state index contributed by atoms with van der Waals surface area (Å²) in [6.07, 6.45) is 14.6. The molecule has 0 atom stereocenters. The highest BCUT2D eigenvalue weighted by Gasteiger charge is 2.12. The number of allylic oxidation sites excluding steroid dienone is 2. The fourth-order valence-electron chi connectivity index (χ4n) is 1.79. The summed E-state index contributed by atoms with van der Waals surface area (Å²) >= 11 is 0. The maximum atomic E-state index is 3.66. The van der Waals surface area contributed by atoms with Crippen molar-refractivity contribution in [1.82, 2.24) is 4.90 Å². The first-order valence-corrected chi connectivity index (χ1v) is 6.83. The fraction of sp³-hybridized carbons (Fsp3) is 0.733. The van der Waals surface area contributed by atoms with Crippen LogP contribution in [0.25, 0.3) is 0 Å². The summed E-state index contributed by atoms with van der Waals surface area (Å²) in [5, 5.41) is 0. The van der Waals surface area contributed by atoms with E-state index in [0.717, 1.165) is 12.5 Å². The van der Waals surface area contributed by atoms with Crippen molar-refractivity contribution in [1.29, 1.82) is 0 Å². The zero-order valence-electron chi connectivity index (χ0n) is 10.8. The number of likely N-dealkylation sites (tertiary alicyclic amines) is 1. The lowest BCUT2D eigenvalue weighted by Crippen LogP contribution is -2.24. The van der Waals surface area contributed by atoms with Gasteiger partial charge in [-0.25, -0.2) is 0 Å². The molecule has 2 aliphatic rings. The molecule has 0 unspecified atom stereocenters. The average Bonchev–Trinajstić information content (AvgIpc) is 3.07. The molecule has 0 amide bonds. The Hall–Kier alpha value is -0.560. The van der Waals surface area contributed by atoms with Gasteiger partial charge >= 0.3 is 0 Å². The van der Waals surface area contributed by atoms with Gasteiger partial charge in [0.15, 0.2) is 0 Å². The first kappa shape index (κ1) is 13.5. The molecule has 1 aliphatic heterocycles. The third-order valence-electron chi connectivity index (χ3n) is 3.20. The van der Waals surface area contributed by atoms with Gasteiger partial charge in [0.2, 0.25) is 0 Å². The summed E-state index contributed by atoms with van der Waals surface area (Å²) in [6, 6.07) is 0. The lowest BCUT2D eigenvalue weighted by atomic mass is 10.2. The van der Waals surface area contributed by atoms with Crippen LogP contribution in [0.15, 0.2) is 24.8 Å². The quantitative estimate of drug-likeness (QED) is 0.651. The lowest BCUT2D eigenvalue weighted by Gasteiger charge is -2.16. The molecule has 16 heavy (non-hydrogen) atoms. The summed E-state index contributed by atoms with van der Waals surface area (Å²) in [7, 11) is 0. The Morgan fingerprint density at radius 1 is 1.12 bits per heavy atom. The fourth-order valence-corrected chi connectivity index (χ4v) is 1.79. The van der Waals surface area contributed by atoms with Crippen LogP contribution in [0, 0.1) is 5.92 Å². The Bertz CT molecular complexity index is 195. The van der Waals surface area contributed by atoms with Gasteiger partial charge in [0.05, 0.1) is 0 Å². The molecule has 1 saturated heterocycles. The van der Waals surface area contributed by atoms with E-state index in [9.17, 15) is 0 Å². The molecule has 0 aromatic rings. The van der Waals surface area contributed by atoms with E-state index in [1.165, 1.54) is 51.6 Å². The molecule has 1 nitrogen and oxygen atoms in total. The van der Waals surface area contributed by atoms with Gasteiger partial charge < -0.3 is 0 Å². The SMILES string of the molecule is C=C/C=C/CN1CCCCCC1.CC1CC1. The molecule has 0 N–H and O–H groups in total. The monoisotopic (exact) mass is 221 g/mol. The zero-order valence-corrected chi connectivity index (χ0v) is 10.8. The number of hydrogen-bond donors (Lipinski definition) is 0. The molecule has 1 heteroatoms. The molecule has 2 rings (SSSR count). The van der Waals surface area contributed by atoms with Crippen molar-refractivity contribution in [2.45, 2.75) is 45.4 Å². The van der Waals surface area contributed by atoms with Crippen LogP contribution in [0.2, 0.25) is 0 Å². The second-order valence-corrected chi connectivity index (χ2v) is 5.06. The zero-order chi connectivity index (χ0) is 11.6. The van der Waals surface area contributed by atoms with Crippen LogP contribution < -0.4 is 0 Å². The first-order chi connectivity index (χ1) is 7.83. The van der Waals surface area contributed by atoms with Crippen LogP contribution >= 0.6 is 0 Å². The van der Waals surface area contributed by atoms with E-state index >= 15 is 0 Å². The highest BCUT2D eigenvalue weighted by molar-refractivity contribution is 4.98. The van der Waals surface area contributed by atoms with Crippen molar-refractivity contribution in [3.63, 3.8) is 0 Å². The Morgan fingerprint density at radius 3 is 2.12 bits per heavy atom. The summed E-state index contributed by atoms with van der Waals surface area (Å²) in [6.45, 7) is 9.60. The average molecular weight is 221 g/mol. The molecular weight excluding hydrogens is 194 g/mol. The van der Waals surface area contributed by atoms with E-state index < -0.39 is 0 Å². The van der Waals surface area contributed by atoms with E-state index in [-0.39, 0.29) is 0 Å². The Morgan fingerprint density at radius 2 is 1.69 bits per heavy atom. The smallest absolute Gasteiger partial charge is 0.0166 e. The summed E-state index contributed by atoms with van der Waals surface area (Å²) in [5.74, 6) is 1.08. The van der Waals surface area contributed by atoms with E-state index in [0.29, 0.717) is 0 Å². The predicted molar refractivity (Wildman–Crippen MR) is 72.6 cm³/mol. The molecule has 2 fully saturated rings. The number of hydrogen-bond acceptors (Lipinski definition) is 1. The molecule has 0 aromatic carbocycles. The van der Waals surface area contributed by atoms with Crippen molar-refractivity contribution < 1.29 is 0 Å². The van der Waals surface area contributed by atoms with Gasteiger partial charge in [-0.2, -0.15) is 0 Å². The molecule has 0 aromatic heterocycles. The van der Waals surface area contributed by atoms with Crippen molar-refractivity contribution in [2.24, 2.45) is 5.92 Å². The first-order valence-electron chi connectivity index (χ1n) is 6.83. The molecule has 0 bridgehead atoms. The normalized spacial score (nSPS) is 22.3. The van der Waals surface area contributed by atoms with Crippen LogP contribution in [0.5, 0.6) is 0 Å². The molecule has 1 saturated carbocycles. The van der Waals surface area contributed by atoms with Gasteiger partial charge in [-0.05, 0) is 31.8 Å². The van der Waals surface area contributed by atoms with Crippen molar-refractivity contribution in [3.8, 4) is 0 Å². The van der Waals surface area contributed by atoms with Gasteiger partial charge in [-0.1, -0.05) is 57.4 Å². The maximum absolute atomic E-state index is 3.66. The Labute approximate surface area is 101 Å². The van der Waals surface area contributed by atoms with Gasteiger partial charge in [0, 0.05) is 6.54 Å². The predicted octanol–water partition coefficient (Wildman–Crippen LogP) is 4.02. The third kappa shape index (κ3) is 7.70. The van der Waals surface area contributed by atoms with Crippen molar-refractivity contribution >= 4 is 0 Å². The Kier molecular flexibility index (Phi) is 7.24. The van der Waals surface area contributed by atoms with Crippen LogP contribution in [-0.4, -0.2) is 24.5 Å². The minimum Gasteiger partial charge on any atom is -0.300 e. The number of rotatable bonds is 3. The summed E-state index contributed by atoms with van der Waals surface area (Å²) in [5.41, 5.74) is 0. The largest absolute Gasteiger partial charge is 0.300 e. The molecule has 92 valence electrons. The second kappa shape index (κ2) is 8.58. The van der Waals surface area contributed by atoms with Crippen LogP contribution in [-0.2, 0) is 0 Å². The van der Waals surface area contributed by atoms with Gasteiger partial charge in [0.25, 0.3) is 0 Å². The van der Waals surface area contributed by atoms with E-state index in [1.54, 1.807) is 0 Å². The molecule has 0 radical (unpaired) electrons. The van der Waals surface area contributed by atoms with Gasteiger partial charge in [-0.3, -0.25) is 4.90 Å². The molecule has 1 heterocycles. The van der Waals surface area contributed by atoms with Crippen LogP contribution in [0.4, 0.5) is 0 Å². The van der Waals surface area contributed by atoms with Crippen LogP contribution in [0.3, 0.4) is 0 Å². The summed E-state index contributed by atoms with van der Waals surface area (Å²) < 4.78 is 0. The van der Waals surface area contributed by atoms with Crippen LogP contribution in [0.1, 0.15) is 45.4 Å². The Balaban J connectivity index is 0.000000267. The minimum atomic E-state index is 1.08. The van der Waals surface area contributed by atoms with Gasteiger partial charge in [-0.15, -0.1) is 0 Å². The van der Waals surface area contributed by atoms with E-state index in [2.05, 4.69) is 24.5 Å². The van der Waals surface area contributed by atoms with Crippen molar-refractivity contribution in [2.75, 3.05) is 19.6 Å². The highest BCUT2D eigenvalue weighted by atomic mass is 15.1. The highest BCUT2D eigenvalue weighted by Crippen LogP contribution is 2.26. The number of nitrogens with zero attached hydrogens (tertiary/aromatic N) is 1. The standard InChI is InChI=1S/C11H19N.C4H8/c1-2-3-6-9-12-10-7-4-5-8-11-12;1-4-2-3-4/h2-3,6H,1,4-5,7-11H2;4H,2-3H2,1H3/b6-3+;. The lowest BCUT2D eigenvalue weighted by molar-refractivity contribution is 0.316. The maximum Gasteiger partial charge on any atom is 0.0166 e. The van der Waals surface area contributed by atoms with Gasteiger partial charge in [0.1, 0.15) is 0 Å². The molecule has 0 spiro atoms. The van der Waals surface area contributed by atoms with E-state index in [4.69, 9.17) is 0 Å². The van der Waals surface area contributed by atoms with Crippen molar-refractivity contribution in [3.05, 3.63) is 24.8 Å². The summed E-state index contributed by atoms with van der Waals surface area (Å²) in [4.78, 5) is 2.52. The van der Waals surface area contributed by atoms with E-state index in [1.807, 2.05) is 12.2 Å². The topological polar surface area (TPSA) is 3.24 Å².